The highest BCUT2D eigenvalue weighted by Crippen LogP contribution is 2.36. The molecule has 0 aliphatic carbocycles. The highest BCUT2D eigenvalue weighted by atomic mass is 32.2. The maximum atomic E-state index is 12.7. The predicted molar refractivity (Wildman–Crippen MR) is 103 cm³/mol. The molecule has 1 N–H and O–H groups in total. The second-order valence-corrected chi connectivity index (χ2v) is 7.32. The average Bonchev–Trinajstić information content (AvgIpc) is 3.08. The first-order chi connectivity index (χ1) is 12.5. The highest BCUT2D eigenvalue weighted by molar-refractivity contribution is 8.00. The topological polar surface area (TPSA) is 68.0 Å². The van der Waals surface area contributed by atoms with E-state index in [9.17, 15) is 4.79 Å². The summed E-state index contributed by atoms with van der Waals surface area (Å²) in [6, 6.07) is 17.5. The monoisotopic (exact) mass is 367 g/mol. The molecule has 0 saturated carbocycles. The lowest BCUT2D eigenvalue weighted by Gasteiger charge is -2.16. The molecule has 0 saturated heterocycles. The van der Waals surface area contributed by atoms with Crippen LogP contribution in [0.2, 0.25) is 0 Å². The molecule has 1 aromatic heterocycles. The van der Waals surface area contributed by atoms with Crippen LogP contribution in [-0.2, 0) is 4.79 Å². The van der Waals surface area contributed by atoms with Crippen LogP contribution < -0.4 is 5.32 Å². The number of hydrogen-bond acceptors (Lipinski definition) is 5. The third kappa shape index (κ3) is 4.32. The number of aryl methyl sites for hydroxylation is 1. The van der Waals surface area contributed by atoms with Gasteiger partial charge in [-0.1, -0.05) is 48.5 Å². The van der Waals surface area contributed by atoms with E-state index in [1.165, 1.54) is 11.8 Å². The summed E-state index contributed by atoms with van der Waals surface area (Å²) in [5, 5.41) is 11.1. The van der Waals surface area contributed by atoms with E-state index in [1.807, 2.05) is 75.4 Å². The van der Waals surface area contributed by atoms with Crippen molar-refractivity contribution < 1.29 is 9.21 Å². The number of rotatable bonds is 6. The normalized spacial score (nSPS) is 12.2. The maximum absolute atomic E-state index is 12.7. The van der Waals surface area contributed by atoms with Gasteiger partial charge in [0.2, 0.25) is 11.8 Å². The zero-order chi connectivity index (χ0) is 18.5. The van der Waals surface area contributed by atoms with Gasteiger partial charge in [0.1, 0.15) is 5.25 Å². The van der Waals surface area contributed by atoms with Gasteiger partial charge < -0.3 is 9.73 Å². The van der Waals surface area contributed by atoms with Crippen LogP contribution in [0, 0.1) is 6.92 Å². The Balaban J connectivity index is 1.86. The second kappa shape index (κ2) is 8.19. The van der Waals surface area contributed by atoms with Crippen molar-refractivity contribution >= 4 is 17.7 Å². The number of aromatic nitrogens is 2. The average molecular weight is 367 g/mol. The van der Waals surface area contributed by atoms with Crippen molar-refractivity contribution in [1.29, 1.82) is 0 Å². The van der Waals surface area contributed by atoms with Crippen LogP contribution in [0.3, 0.4) is 0 Å². The molecule has 1 unspecified atom stereocenters. The molecule has 2 aromatic carbocycles. The summed E-state index contributed by atoms with van der Waals surface area (Å²) in [7, 11) is 0. The van der Waals surface area contributed by atoms with E-state index in [4.69, 9.17) is 4.42 Å². The van der Waals surface area contributed by atoms with Crippen LogP contribution >= 0.6 is 11.8 Å². The van der Waals surface area contributed by atoms with Crippen LogP contribution in [-0.4, -0.2) is 22.1 Å². The van der Waals surface area contributed by atoms with E-state index in [0.29, 0.717) is 11.1 Å². The smallest absolute Gasteiger partial charge is 0.277 e. The van der Waals surface area contributed by atoms with Crippen molar-refractivity contribution in [3.8, 4) is 11.5 Å². The molecule has 0 radical (unpaired) electrons. The number of carbonyl (C=O) groups excluding carboxylic acids is 1. The van der Waals surface area contributed by atoms with Gasteiger partial charge in [-0.05, 0) is 49.7 Å². The summed E-state index contributed by atoms with van der Waals surface area (Å²) in [6.45, 7) is 5.87. The van der Waals surface area contributed by atoms with Crippen molar-refractivity contribution in [2.24, 2.45) is 0 Å². The van der Waals surface area contributed by atoms with Crippen molar-refractivity contribution in [2.45, 2.75) is 37.3 Å². The Morgan fingerprint density at radius 1 is 1.04 bits per heavy atom. The van der Waals surface area contributed by atoms with Crippen LogP contribution in [0.4, 0.5) is 0 Å². The SMILES string of the molecule is Cc1ccccc1-c1nnc(SC(C(=O)NC(C)C)c2ccccc2)o1. The summed E-state index contributed by atoms with van der Waals surface area (Å²) in [4.78, 5) is 12.7. The minimum atomic E-state index is -0.455. The molecule has 3 aromatic rings. The van der Waals surface area contributed by atoms with Crippen LogP contribution in [0.1, 0.15) is 30.2 Å². The van der Waals surface area contributed by atoms with E-state index in [0.717, 1.165) is 16.7 Å². The number of thioether (sulfide) groups is 1. The van der Waals surface area contributed by atoms with Gasteiger partial charge in [0.05, 0.1) is 0 Å². The maximum Gasteiger partial charge on any atom is 0.277 e. The molecule has 1 amide bonds. The molecule has 0 bridgehead atoms. The first-order valence-electron chi connectivity index (χ1n) is 8.46. The van der Waals surface area contributed by atoms with Gasteiger partial charge in [-0.2, -0.15) is 0 Å². The molecule has 26 heavy (non-hydrogen) atoms. The summed E-state index contributed by atoms with van der Waals surface area (Å²) in [5.41, 5.74) is 2.85. The third-order valence-electron chi connectivity index (χ3n) is 3.77. The van der Waals surface area contributed by atoms with E-state index >= 15 is 0 Å². The Morgan fingerprint density at radius 3 is 2.42 bits per heavy atom. The zero-order valence-corrected chi connectivity index (χ0v) is 15.8. The van der Waals surface area contributed by atoms with Crippen LogP contribution in [0.25, 0.3) is 11.5 Å². The van der Waals surface area contributed by atoms with Crippen molar-refractivity contribution in [3.63, 3.8) is 0 Å². The van der Waals surface area contributed by atoms with Gasteiger partial charge in [-0.3, -0.25) is 4.79 Å². The van der Waals surface area contributed by atoms with Crippen molar-refractivity contribution in [1.82, 2.24) is 15.5 Å². The second-order valence-electron chi connectivity index (χ2n) is 6.26. The van der Waals surface area contributed by atoms with E-state index in [1.54, 1.807) is 0 Å². The van der Waals surface area contributed by atoms with Gasteiger partial charge >= 0.3 is 0 Å². The Hall–Kier alpha value is -2.60. The molecule has 0 aliphatic heterocycles. The summed E-state index contributed by atoms with van der Waals surface area (Å²) >= 11 is 1.26. The predicted octanol–water partition coefficient (Wildman–Crippen LogP) is 4.40. The van der Waals surface area contributed by atoms with Gasteiger partial charge in [0.25, 0.3) is 5.22 Å². The minimum absolute atomic E-state index is 0.0551. The number of amides is 1. The van der Waals surface area contributed by atoms with Crippen molar-refractivity contribution in [3.05, 3.63) is 65.7 Å². The number of carbonyl (C=O) groups is 1. The molecule has 0 fully saturated rings. The summed E-state index contributed by atoms with van der Waals surface area (Å²) in [5.74, 6) is 0.383. The Bertz CT molecular complexity index is 878. The largest absolute Gasteiger partial charge is 0.411 e. The number of nitrogens with zero attached hydrogens (tertiary/aromatic N) is 2. The Labute approximate surface area is 157 Å². The summed E-state index contributed by atoms with van der Waals surface area (Å²) in [6.07, 6.45) is 0. The van der Waals surface area contributed by atoms with E-state index < -0.39 is 5.25 Å². The van der Waals surface area contributed by atoms with E-state index in [-0.39, 0.29) is 11.9 Å². The molecular weight excluding hydrogens is 346 g/mol. The van der Waals surface area contributed by atoms with Gasteiger partial charge in [-0.25, -0.2) is 0 Å². The molecule has 0 aliphatic rings. The lowest BCUT2D eigenvalue weighted by molar-refractivity contribution is -0.121. The fourth-order valence-electron chi connectivity index (χ4n) is 2.54. The molecule has 1 atom stereocenters. The molecule has 5 nitrogen and oxygen atoms in total. The molecule has 1 heterocycles. The lowest BCUT2D eigenvalue weighted by atomic mass is 10.1. The van der Waals surface area contributed by atoms with Crippen LogP contribution in [0.15, 0.2) is 64.2 Å². The first kappa shape index (κ1) is 18.2. The van der Waals surface area contributed by atoms with Gasteiger partial charge in [-0.15, -0.1) is 10.2 Å². The molecule has 0 spiro atoms. The minimum Gasteiger partial charge on any atom is -0.411 e. The molecule has 3 rings (SSSR count). The Morgan fingerprint density at radius 2 is 1.73 bits per heavy atom. The standard InChI is InChI=1S/C20H21N3O2S/c1-13(2)21-18(24)17(15-10-5-4-6-11-15)26-20-23-22-19(25-20)16-12-8-7-9-14(16)3/h4-13,17H,1-3H3,(H,21,24). The third-order valence-corrected chi connectivity index (χ3v) is 4.86. The zero-order valence-electron chi connectivity index (χ0n) is 15.0. The number of hydrogen-bond donors (Lipinski definition) is 1. The number of nitrogens with one attached hydrogen (secondary N) is 1. The van der Waals surface area contributed by atoms with Gasteiger partial charge in [0.15, 0.2) is 0 Å². The molecule has 6 heteroatoms. The Kier molecular flexibility index (Phi) is 5.73. The summed E-state index contributed by atoms with van der Waals surface area (Å²) < 4.78 is 5.82. The van der Waals surface area contributed by atoms with E-state index in [2.05, 4.69) is 15.5 Å². The number of benzene rings is 2. The fourth-order valence-corrected chi connectivity index (χ4v) is 3.43. The first-order valence-corrected chi connectivity index (χ1v) is 9.34. The molecule has 134 valence electrons. The lowest BCUT2D eigenvalue weighted by Crippen LogP contribution is -2.33. The highest BCUT2D eigenvalue weighted by Gasteiger charge is 2.25. The van der Waals surface area contributed by atoms with Crippen molar-refractivity contribution in [2.75, 3.05) is 0 Å². The fraction of sp³-hybridized carbons (Fsp3) is 0.250. The molecular formula is C20H21N3O2S. The van der Waals surface area contributed by atoms with Gasteiger partial charge in [0, 0.05) is 11.6 Å². The quantitative estimate of drug-likeness (QED) is 0.654. The van der Waals surface area contributed by atoms with Crippen LogP contribution in [0.5, 0.6) is 0 Å².